The second-order valence-electron chi connectivity index (χ2n) is 3.38. The first-order valence-corrected chi connectivity index (χ1v) is 3.37. The summed E-state index contributed by atoms with van der Waals surface area (Å²) in [5, 5.41) is 14.8. The zero-order valence-corrected chi connectivity index (χ0v) is 7.50. The van der Waals surface area contributed by atoms with Gasteiger partial charge in [-0.2, -0.15) is 0 Å². The number of carbonyl (C=O) groups is 2. The Balaban J connectivity index is 0. The minimum atomic E-state index is -1.82. The molecule has 0 rings (SSSR count). The number of rotatable bonds is 0. The molecule has 0 aliphatic heterocycles. The Hall–Kier alpha value is -1.10. The van der Waals surface area contributed by atoms with E-state index in [4.69, 9.17) is 25.5 Å². The zero-order valence-electron chi connectivity index (χ0n) is 7.50. The molecule has 0 aliphatic rings. The molecule has 0 aromatic heterocycles. The van der Waals surface area contributed by atoms with E-state index in [1.807, 2.05) is 0 Å². The second-order valence-corrected chi connectivity index (χ2v) is 3.38. The van der Waals surface area contributed by atoms with Crippen molar-refractivity contribution in [1.29, 1.82) is 0 Å². The molecule has 0 unspecified atom stereocenters. The van der Waals surface area contributed by atoms with E-state index in [9.17, 15) is 0 Å². The van der Waals surface area contributed by atoms with Crippen molar-refractivity contribution in [1.82, 2.24) is 0 Å². The van der Waals surface area contributed by atoms with Gasteiger partial charge in [-0.15, -0.1) is 0 Å². The van der Waals surface area contributed by atoms with Crippen LogP contribution >= 0.6 is 0 Å². The molecule has 0 aliphatic carbocycles. The number of hydrogen-bond acceptors (Lipinski definition) is 3. The maximum atomic E-state index is 9.10. The molecule has 0 fully saturated rings. The molecule has 12 heavy (non-hydrogen) atoms. The van der Waals surface area contributed by atoms with Gasteiger partial charge in [0.2, 0.25) is 0 Å². The first-order chi connectivity index (χ1) is 5.20. The molecule has 0 aromatic carbocycles. The highest BCUT2D eigenvalue weighted by atomic mass is 16.4. The van der Waals surface area contributed by atoms with Gasteiger partial charge in [0.25, 0.3) is 0 Å². The van der Waals surface area contributed by atoms with Crippen molar-refractivity contribution in [2.75, 3.05) is 6.54 Å². The molecule has 0 amide bonds. The Bertz CT molecular complexity index is 147. The lowest BCUT2D eigenvalue weighted by Gasteiger charge is -2.12. The highest BCUT2D eigenvalue weighted by molar-refractivity contribution is 6.27. The molecule has 0 saturated carbocycles. The molecular formula is C7H15NO4. The van der Waals surface area contributed by atoms with Gasteiger partial charge in [-0.25, -0.2) is 9.59 Å². The normalized spacial score (nSPS) is 9.67. The van der Waals surface area contributed by atoms with E-state index in [2.05, 4.69) is 20.8 Å². The fourth-order valence-electron chi connectivity index (χ4n) is 0. The molecule has 72 valence electrons. The van der Waals surface area contributed by atoms with E-state index < -0.39 is 11.9 Å². The topological polar surface area (TPSA) is 101 Å². The Morgan fingerprint density at radius 1 is 1.17 bits per heavy atom. The fraction of sp³-hybridized carbons (Fsp3) is 0.714. The molecule has 4 N–H and O–H groups in total. The third-order valence-corrected chi connectivity index (χ3v) is 0.795. The van der Waals surface area contributed by atoms with Crippen molar-refractivity contribution in [3.05, 3.63) is 0 Å². The van der Waals surface area contributed by atoms with Crippen molar-refractivity contribution in [3.8, 4) is 0 Å². The van der Waals surface area contributed by atoms with E-state index >= 15 is 0 Å². The molecule has 0 aromatic rings. The Kier molecular flexibility index (Phi) is 6.22. The summed E-state index contributed by atoms with van der Waals surface area (Å²) in [4.78, 5) is 18.2. The van der Waals surface area contributed by atoms with E-state index in [0.717, 1.165) is 6.54 Å². The average Bonchev–Trinajstić information content (AvgIpc) is 1.87. The predicted octanol–water partition coefficient (Wildman–Crippen LogP) is 0.147. The molecule has 0 heterocycles. The van der Waals surface area contributed by atoms with Crippen molar-refractivity contribution in [2.24, 2.45) is 11.1 Å². The molecule has 5 nitrogen and oxygen atoms in total. The van der Waals surface area contributed by atoms with Crippen LogP contribution in [-0.2, 0) is 9.59 Å². The molecular weight excluding hydrogens is 162 g/mol. The van der Waals surface area contributed by atoms with Gasteiger partial charge in [0.15, 0.2) is 0 Å². The quantitative estimate of drug-likeness (QED) is 0.457. The number of nitrogens with two attached hydrogens (primary N) is 1. The van der Waals surface area contributed by atoms with E-state index in [-0.39, 0.29) is 0 Å². The average molecular weight is 177 g/mol. The summed E-state index contributed by atoms with van der Waals surface area (Å²) in [6.45, 7) is 7.12. The van der Waals surface area contributed by atoms with Crippen LogP contribution in [0.2, 0.25) is 0 Å². The standard InChI is InChI=1S/C5H13N.C2H2O4/c1-5(2,3)4-6;3-1(4)2(5)6/h4,6H2,1-3H3;(H,3,4)(H,5,6). The smallest absolute Gasteiger partial charge is 0.414 e. The van der Waals surface area contributed by atoms with Crippen LogP contribution in [0, 0.1) is 5.41 Å². The van der Waals surface area contributed by atoms with E-state index in [1.165, 1.54) is 0 Å². The van der Waals surface area contributed by atoms with Gasteiger partial charge < -0.3 is 15.9 Å². The van der Waals surface area contributed by atoms with Gasteiger partial charge >= 0.3 is 11.9 Å². The Labute approximate surface area is 71.2 Å². The fourth-order valence-corrected chi connectivity index (χ4v) is 0. The van der Waals surface area contributed by atoms with Gasteiger partial charge in [0.1, 0.15) is 0 Å². The summed E-state index contributed by atoms with van der Waals surface area (Å²) in [7, 11) is 0. The highest BCUT2D eigenvalue weighted by Gasteiger charge is 2.04. The van der Waals surface area contributed by atoms with Gasteiger partial charge in [-0.05, 0) is 12.0 Å². The molecule has 5 heteroatoms. The summed E-state index contributed by atoms with van der Waals surface area (Å²) >= 11 is 0. The van der Waals surface area contributed by atoms with Gasteiger partial charge in [0, 0.05) is 0 Å². The molecule has 0 saturated heterocycles. The van der Waals surface area contributed by atoms with Crippen LogP contribution in [0.4, 0.5) is 0 Å². The number of hydrogen-bond donors (Lipinski definition) is 3. The van der Waals surface area contributed by atoms with Crippen LogP contribution in [0.5, 0.6) is 0 Å². The molecule has 0 atom stereocenters. The number of carboxylic acid groups (broad SMARTS) is 2. The van der Waals surface area contributed by atoms with Crippen molar-refractivity contribution < 1.29 is 19.8 Å². The summed E-state index contributed by atoms with van der Waals surface area (Å²) < 4.78 is 0. The lowest BCUT2D eigenvalue weighted by Crippen LogP contribution is -2.18. The van der Waals surface area contributed by atoms with Crippen LogP contribution in [0.15, 0.2) is 0 Å². The largest absolute Gasteiger partial charge is 0.473 e. The zero-order chi connectivity index (χ0) is 10.4. The number of carboxylic acids is 2. The van der Waals surface area contributed by atoms with Gasteiger partial charge in [-0.3, -0.25) is 0 Å². The first kappa shape index (κ1) is 13.5. The van der Waals surface area contributed by atoms with Gasteiger partial charge in [0.05, 0.1) is 0 Å². The second kappa shape index (κ2) is 5.54. The third kappa shape index (κ3) is 16.0. The summed E-state index contributed by atoms with van der Waals surface area (Å²) in [6, 6.07) is 0. The monoisotopic (exact) mass is 177 g/mol. The Morgan fingerprint density at radius 3 is 1.33 bits per heavy atom. The van der Waals surface area contributed by atoms with Crippen LogP contribution < -0.4 is 5.73 Å². The minimum absolute atomic E-state index is 0.319. The maximum absolute atomic E-state index is 9.10. The van der Waals surface area contributed by atoms with Crippen LogP contribution in [-0.4, -0.2) is 28.7 Å². The Morgan fingerprint density at radius 2 is 1.33 bits per heavy atom. The number of aliphatic carboxylic acids is 2. The van der Waals surface area contributed by atoms with Crippen molar-refractivity contribution in [2.45, 2.75) is 20.8 Å². The van der Waals surface area contributed by atoms with Crippen molar-refractivity contribution in [3.63, 3.8) is 0 Å². The summed E-state index contributed by atoms with van der Waals surface area (Å²) in [6.07, 6.45) is 0. The molecule has 0 radical (unpaired) electrons. The lowest BCUT2D eigenvalue weighted by molar-refractivity contribution is -0.159. The third-order valence-electron chi connectivity index (χ3n) is 0.795. The van der Waals surface area contributed by atoms with Crippen LogP contribution in [0.3, 0.4) is 0 Å². The lowest BCUT2D eigenvalue weighted by atomic mass is 9.98. The SMILES string of the molecule is CC(C)(C)CN.O=C(O)C(=O)O. The van der Waals surface area contributed by atoms with E-state index in [0.29, 0.717) is 5.41 Å². The molecule has 0 spiro atoms. The van der Waals surface area contributed by atoms with Crippen LogP contribution in [0.1, 0.15) is 20.8 Å². The summed E-state index contributed by atoms with van der Waals surface area (Å²) in [5.74, 6) is -3.65. The maximum Gasteiger partial charge on any atom is 0.414 e. The highest BCUT2D eigenvalue weighted by Crippen LogP contribution is 2.07. The van der Waals surface area contributed by atoms with Crippen LogP contribution in [0.25, 0.3) is 0 Å². The minimum Gasteiger partial charge on any atom is -0.473 e. The predicted molar refractivity (Wildman–Crippen MR) is 43.8 cm³/mol. The molecule has 0 bridgehead atoms. The van der Waals surface area contributed by atoms with E-state index in [1.54, 1.807) is 0 Å². The van der Waals surface area contributed by atoms with Crippen molar-refractivity contribution >= 4 is 11.9 Å². The first-order valence-electron chi connectivity index (χ1n) is 3.37. The summed E-state index contributed by atoms with van der Waals surface area (Å²) in [5.41, 5.74) is 5.62. The van der Waals surface area contributed by atoms with Gasteiger partial charge in [-0.1, -0.05) is 20.8 Å².